The summed E-state index contributed by atoms with van der Waals surface area (Å²) in [6.45, 7) is 1.79. The molecule has 3 heteroatoms. The van der Waals surface area contributed by atoms with Crippen LogP contribution >= 0.6 is 0 Å². The van der Waals surface area contributed by atoms with Gasteiger partial charge in [-0.3, -0.25) is 0 Å². The Labute approximate surface area is 81.0 Å². The van der Waals surface area contributed by atoms with E-state index >= 15 is 0 Å². The van der Waals surface area contributed by atoms with Gasteiger partial charge in [0, 0.05) is 18.4 Å². The molecule has 0 saturated carbocycles. The van der Waals surface area contributed by atoms with Crippen molar-refractivity contribution in [3.05, 3.63) is 29.7 Å². The van der Waals surface area contributed by atoms with Gasteiger partial charge in [0.1, 0.15) is 5.52 Å². The molecule has 2 aromatic rings. The molecule has 1 aromatic carbocycles. The Hall–Kier alpha value is -2.26. The van der Waals surface area contributed by atoms with Gasteiger partial charge in [-0.1, -0.05) is 5.92 Å². The van der Waals surface area contributed by atoms with Crippen LogP contribution in [0.25, 0.3) is 11.1 Å². The molecule has 0 amide bonds. The molecule has 14 heavy (non-hydrogen) atoms. The minimum absolute atomic E-state index is 0.630. The monoisotopic (exact) mass is 182 g/mol. The topological polar surface area (TPSA) is 49.8 Å². The van der Waals surface area contributed by atoms with E-state index in [0.29, 0.717) is 5.89 Å². The number of hydrogen-bond donors (Lipinski definition) is 0. The van der Waals surface area contributed by atoms with Crippen LogP contribution < -0.4 is 0 Å². The first-order valence-electron chi connectivity index (χ1n) is 4.07. The first kappa shape index (κ1) is 8.34. The molecule has 0 aliphatic heterocycles. The summed E-state index contributed by atoms with van der Waals surface area (Å²) in [6, 6.07) is 7.17. The fraction of sp³-hybridized carbons (Fsp3) is 0.0909. The largest absolute Gasteiger partial charge is 0.441 e. The minimum atomic E-state index is 0.630. The molecule has 0 atom stereocenters. The lowest BCUT2D eigenvalue weighted by molar-refractivity contribution is 0.561. The number of rotatable bonds is 0. The Kier molecular flexibility index (Phi) is 1.93. The van der Waals surface area contributed by atoms with Gasteiger partial charge in [0.05, 0.1) is 0 Å². The summed E-state index contributed by atoms with van der Waals surface area (Å²) >= 11 is 0. The molecule has 3 nitrogen and oxygen atoms in total. The second-order valence-electron chi connectivity index (χ2n) is 2.78. The smallest absolute Gasteiger partial charge is 0.192 e. The van der Waals surface area contributed by atoms with E-state index in [-0.39, 0.29) is 0 Å². The summed E-state index contributed by atoms with van der Waals surface area (Å²) in [5.74, 6) is 5.67. The lowest BCUT2D eigenvalue weighted by Crippen LogP contribution is -1.74. The fourth-order valence-electron chi connectivity index (χ4n) is 1.22. The van der Waals surface area contributed by atoms with Crippen LogP contribution in [-0.4, -0.2) is 4.98 Å². The molecule has 1 aromatic heterocycles. The highest BCUT2D eigenvalue weighted by atomic mass is 16.3. The van der Waals surface area contributed by atoms with Gasteiger partial charge in [0.25, 0.3) is 0 Å². The van der Waals surface area contributed by atoms with Crippen LogP contribution in [0.1, 0.15) is 11.5 Å². The first-order valence-corrected chi connectivity index (χ1v) is 4.07. The van der Waals surface area contributed by atoms with Crippen molar-refractivity contribution < 1.29 is 4.42 Å². The Morgan fingerprint density at radius 1 is 1.43 bits per heavy atom. The summed E-state index contributed by atoms with van der Waals surface area (Å²) < 4.78 is 5.30. The number of aryl methyl sites for hydroxylation is 1. The predicted octanol–water partition coefficient (Wildman–Crippen LogP) is 2.01. The first-order chi connectivity index (χ1) is 6.79. The number of fused-ring (bicyclic) bond motifs is 1. The van der Waals surface area contributed by atoms with Gasteiger partial charge in [0.15, 0.2) is 17.5 Å². The number of oxazole rings is 1. The molecular weight excluding hydrogens is 176 g/mol. The molecule has 66 valence electrons. The van der Waals surface area contributed by atoms with Crippen molar-refractivity contribution >= 4 is 11.1 Å². The molecule has 2 rings (SSSR count). The van der Waals surface area contributed by atoms with E-state index in [2.05, 4.69) is 16.8 Å². The van der Waals surface area contributed by atoms with Gasteiger partial charge in [0.2, 0.25) is 0 Å². The number of hydrogen-bond acceptors (Lipinski definition) is 3. The third-order valence-corrected chi connectivity index (χ3v) is 1.76. The Balaban J connectivity index is 2.57. The highest BCUT2D eigenvalue weighted by molar-refractivity contribution is 5.74. The van der Waals surface area contributed by atoms with Crippen LogP contribution in [0, 0.1) is 30.1 Å². The second kappa shape index (κ2) is 3.24. The molecule has 0 N–H and O–H groups in total. The lowest BCUT2D eigenvalue weighted by Gasteiger charge is -1.87. The van der Waals surface area contributed by atoms with E-state index < -0.39 is 0 Å². The van der Waals surface area contributed by atoms with E-state index in [9.17, 15) is 0 Å². The van der Waals surface area contributed by atoms with Gasteiger partial charge >= 0.3 is 0 Å². The predicted molar refractivity (Wildman–Crippen MR) is 51.2 cm³/mol. The van der Waals surface area contributed by atoms with Crippen LogP contribution in [0.4, 0.5) is 0 Å². The fourth-order valence-corrected chi connectivity index (χ4v) is 1.22. The number of nitrogens with zero attached hydrogens (tertiary/aromatic N) is 2. The zero-order valence-corrected chi connectivity index (χ0v) is 7.53. The molecule has 1 heterocycles. The molecule has 0 aliphatic rings. The molecule has 0 spiro atoms. The maximum atomic E-state index is 8.29. The van der Waals surface area contributed by atoms with Gasteiger partial charge in [-0.2, -0.15) is 5.26 Å². The van der Waals surface area contributed by atoms with Crippen molar-refractivity contribution in [2.24, 2.45) is 0 Å². The summed E-state index contributed by atoms with van der Waals surface area (Å²) in [7, 11) is 0. The second-order valence-corrected chi connectivity index (χ2v) is 2.78. The molecule has 0 unspecified atom stereocenters. The molecule has 0 bridgehead atoms. The van der Waals surface area contributed by atoms with Crippen molar-refractivity contribution in [1.29, 1.82) is 5.26 Å². The maximum absolute atomic E-state index is 8.29. The van der Waals surface area contributed by atoms with Crippen molar-refractivity contribution in [2.45, 2.75) is 6.92 Å². The number of nitriles is 1. The third-order valence-electron chi connectivity index (χ3n) is 1.76. The standard InChI is InChI=1S/C11H6N2O/c1-8-13-10-7-9(3-2-6-12)4-5-11(10)14-8/h4-5,7H,1H3. The highest BCUT2D eigenvalue weighted by Gasteiger charge is 2.01. The van der Waals surface area contributed by atoms with E-state index in [1.165, 1.54) is 0 Å². The van der Waals surface area contributed by atoms with Crippen molar-refractivity contribution in [1.82, 2.24) is 4.98 Å². The van der Waals surface area contributed by atoms with Crippen molar-refractivity contribution in [3.8, 4) is 17.9 Å². The summed E-state index contributed by atoms with van der Waals surface area (Å²) in [5.41, 5.74) is 2.28. The van der Waals surface area contributed by atoms with Crippen LogP contribution in [0.2, 0.25) is 0 Å². The highest BCUT2D eigenvalue weighted by Crippen LogP contribution is 2.15. The quantitative estimate of drug-likeness (QED) is 0.585. The van der Waals surface area contributed by atoms with Gasteiger partial charge < -0.3 is 4.42 Å². The van der Waals surface area contributed by atoms with Gasteiger partial charge in [-0.25, -0.2) is 4.98 Å². The summed E-state index contributed by atoms with van der Waals surface area (Å²) in [5, 5.41) is 8.29. The molecule has 0 fully saturated rings. The Morgan fingerprint density at radius 2 is 2.29 bits per heavy atom. The lowest BCUT2D eigenvalue weighted by atomic mass is 10.2. The SMILES string of the molecule is Cc1nc2cc(C#CC#N)ccc2o1. The van der Waals surface area contributed by atoms with Gasteiger partial charge in [-0.05, 0) is 18.2 Å². The number of benzene rings is 1. The summed E-state index contributed by atoms with van der Waals surface area (Å²) in [6.07, 6.45) is 0. The summed E-state index contributed by atoms with van der Waals surface area (Å²) in [4.78, 5) is 4.16. The molecule has 0 radical (unpaired) electrons. The molecule has 0 saturated heterocycles. The van der Waals surface area contributed by atoms with E-state index in [1.807, 2.05) is 0 Å². The normalized spacial score (nSPS) is 9.14. The maximum Gasteiger partial charge on any atom is 0.192 e. The minimum Gasteiger partial charge on any atom is -0.441 e. The van der Waals surface area contributed by atoms with E-state index in [1.54, 1.807) is 31.2 Å². The van der Waals surface area contributed by atoms with Crippen LogP contribution in [-0.2, 0) is 0 Å². The number of aromatic nitrogens is 1. The van der Waals surface area contributed by atoms with Crippen LogP contribution in [0.5, 0.6) is 0 Å². The Morgan fingerprint density at radius 3 is 3.07 bits per heavy atom. The van der Waals surface area contributed by atoms with Crippen LogP contribution in [0.3, 0.4) is 0 Å². The third kappa shape index (κ3) is 1.44. The van der Waals surface area contributed by atoms with E-state index in [0.717, 1.165) is 16.7 Å². The zero-order valence-electron chi connectivity index (χ0n) is 7.53. The molecule has 0 aliphatic carbocycles. The molecular formula is C11H6N2O. The van der Waals surface area contributed by atoms with E-state index in [4.69, 9.17) is 9.68 Å². The van der Waals surface area contributed by atoms with Crippen molar-refractivity contribution in [3.63, 3.8) is 0 Å². The average molecular weight is 182 g/mol. The average Bonchev–Trinajstić information content (AvgIpc) is 2.54. The zero-order chi connectivity index (χ0) is 9.97. The van der Waals surface area contributed by atoms with Crippen molar-refractivity contribution in [2.75, 3.05) is 0 Å². The Bertz CT molecular complexity index is 579. The van der Waals surface area contributed by atoms with Crippen LogP contribution in [0.15, 0.2) is 22.6 Å². The van der Waals surface area contributed by atoms with Gasteiger partial charge in [-0.15, -0.1) is 0 Å².